The lowest BCUT2D eigenvalue weighted by Crippen LogP contribution is -2.36. The molecule has 0 saturated heterocycles. The summed E-state index contributed by atoms with van der Waals surface area (Å²) in [6.45, 7) is 11.5. The summed E-state index contributed by atoms with van der Waals surface area (Å²) in [7, 11) is 0. The number of benzene rings is 1. The zero-order chi connectivity index (χ0) is 13.4. The summed E-state index contributed by atoms with van der Waals surface area (Å²) in [5, 5.41) is 1.21. The lowest BCUT2D eigenvalue weighted by molar-refractivity contribution is 0.185. The van der Waals surface area contributed by atoms with Crippen LogP contribution in [0.3, 0.4) is 0 Å². The Morgan fingerprint density at radius 2 is 1.61 bits per heavy atom. The van der Waals surface area contributed by atoms with E-state index in [1.54, 1.807) is 0 Å². The minimum absolute atomic E-state index is 0.0752. The summed E-state index contributed by atoms with van der Waals surface area (Å²) in [6, 6.07) is 12.7. The molecule has 1 aromatic heterocycles. The fourth-order valence-electron chi connectivity index (χ4n) is 2.20. The maximum atomic E-state index is 4.86. The molecule has 1 heterocycles. The predicted molar refractivity (Wildman–Crippen MR) is 78.8 cm³/mol. The van der Waals surface area contributed by atoms with Gasteiger partial charge in [0.25, 0.3) is 0 Å². The first-order valence-corrected chi connectivity index (χ1v) is 6.75. The molecule has 0 aliphatic rings. The zero-order valence-corrected chi connectivity index (χ0v) is 12.1. The van der Waals surface area contributed by atoms with Gasteiger partial charge in [-0.25, -0.2) is 0 Å². The average molecular weight is 241 g/mol. The van der Waals surface area contributed by atoms with Crippen molar-refractivity contribution in [3.05, 3.63) is 42.1 Å². The molecule has 0 saturated carbocycles. The van der Waals surface area contributed by atoms with Crippen LogP contribution in [0.5, 0.6) is 0 Å². The summed E-state index contributed by atoms with van der Waals surface area (Å²) < 4.78 is 0. The van der Waals surface area contributed by atoms with Crippen LogP contribution in [0, 0.1) is 5.41 Å². The Morgan fingerprint density at radius 1 is 0.944 bits per heavy atom. The molecule has 0 unspecified atom stereocenters. The smallest absolute Gasteiger partial charge is 0.0705 e. The molecule has 18 heavy (non-hydrogen) atoms. The fraction of sp³-hybridized carbons (Fsp3) is 0.471. The zero-order valence-electron chi connectivity index (χ0n) is 12.1. The van der Waals surface area contributed by atoms with Crippen LogP contribution < -0.4 is 0 Å². The van der Waals surface area contributed by atoms with Gasteiger partial charge in [-0.15, -0.1) is 0 Å². The summed E-state index contributed by atoms with van der Waals surface area (Å²) in [6.07, 6.45) is 1.15. The number of hydrogen-bond acceptors (Lipinski definition) is 1. The number of aromatic nitrogens is 1. The number of hydrogen-bond donors (Lipinski definition) is 0. The Balaban J connectivity index is 2.54. The van der Waals surface area contributed by atoms with E-state index in [1.807, 2.05) is 0 Å². The van der Waals surface area contributed by atoms with Gasteiger partial charge in [-0.3, -0.25) is 4.98 Å². The molecular weight excluding hydrogens is 218 g/mol. The highest BCUT2D eigenvalue weighted by Gasteiger charge is 2.37. The van der Waals surface area contributed by atoms with Crippen LogP contribution >= 0.6 is 0 Å². The lowest BCUT2D eigenvalue weighted by atomic mass is 9.64. The van der Waals surface area contributed by atoms with Crippen molar-refractivity contribution in [3.63, 3.8) is 0 Å². The minimum Gasteiger partial charge on any atom is -0.252 e. The molecule has 96 valence electrons. The van der Waals surface area contributed by atoms with E-state index in [0.29, 0.717) is 0 Å². The third kappa shape index (κ3) is 2.03. The van der Waals surface area contributed by atoms with Gasteiger partial charge in [0.2, 0.25) is 0 Å². The van der Waals surface area contributed by atoms with Gasteiger partial charge in [-0.05, 0) is 17.5 Å². The summed E-state index contributed by atoms with van der Waals surface area (Å²) >= 11 is 0. The third-order valence-corrected chi connectivity index (χ3v) is 4.81. The SMILES string of the molecule is CCC(C)(C)C(C)(C)c1ccc2ccccc2n1. The number of nitrogens with zero attached hydrogens (tertiary/aromatic N) is 1. The highest BCUT2D eigenvalue weighted by molar-refractivity contribution is 5.78. The largest absolute Gasteiger partial charge is 0.252 e. The molecule has 0 fully saturated rings. The monoisotopic (exact) mass is 241 g/mol. The fourth-order valence-corrected chi connectivity index (χ4v) is 2.20. The molecule has 1 nitrogen and oxygen atoms in total. The van der Waals surface area contributed by atoms with E-state index in [0.717, 1.165) is 11.9 Å². The highest BCUT2D eigenvalue weighted by atomic mass is 14.7. The molecule has 2 rings (SSSR count). The van der Waals surface area contributed by atoms with Crippen molar-refractivity contribution in [3.8, 4) is 0 Å². The van der Waals surface area contributed by atoms with Crippen LogP contribution in [0.1, 0.15) is 46.7 Å². The summed E-state index contributed by atoms with van der Waals surface area (Å²) in [5.41, 5.74) is 2.59. The van der Waals surface area contributed by atoms with Crippen LogP contribution in [-0.4, -0.2) is 4.98 Å². The third-order valence-electron chi connectivity index (χ3n) is 4.81. The van der Waals surface area contributed by atoms with E-state index in [1.165, 1.54) is 11.1 Å². The molecule has 0 atom stereocenters. The summed E-state index contributed by atoms with van der Waals surface area (Å²) in [4.78, 5) is 4.86. The topological polar surface area (TPSA) is 12.9 Å². The Bertz CT molecular complexity index is 552. The molecule has 0 radical (unpaired) electrons. The second-order valence-corrected chi connectivity index (χ2v) is 6.25. The van der Waals surface area contributed by atoms with E-state index in [4.69, 9.17) is 4.98 Å². The standard InChI is InChI=1S/C17H23N/c1-6-16(2,3)17(4,5)15-12-11-13-9-7-8-10-14(13)18-15/h7-12H,6H2,1-5H3. The Hall–Kier alpha value is -1.37. The van der Waals surface area contributed by atoms with E-state index in [-0.39, 0.29) is 10.8 Å². The van der Waals surface area contributed by atoms with E-state index in [9.17, 15) is 0 Å². The highest BCUT2D eigenvalue weighted by Crippen LogP contribution is 2.43. The van der Waals surface area contributed by atoms with Gasteiger partial charge in [0.1, 0.15) is 0 Å². The maximum absolute atomic E-state index is 4.86. The first-order valence-electron chi connectivity index (χ1n) is 6.75. The van der Waals surface area contributed by atoms with Gasteiger partial charge in [0.05, 0.1) is 5.52 Å². The van der Waals surface area contributed by atoms with Crippen LogP contribution in [0.15, 0.2) is 36.4 Å². The molecule has 0 amide bonds. The van der Waals surface area contributed by atoms with Crippen LogP contribution in [0.2, 0.25) is 0 Å². The molecule has 0 bridgehead atoms. The first kappa shape index (κ1) is 13.1. The second kappa shape index (κ2) is 4.38. The molecule has 0 aliphatic carbocycles. The van der Waals surface area contributed by atoms with Crippen LogP contribution in [-0.2, 0) is 5.41 Å². The quantitative estimate of drug-likeness (QED) is 0.741. The summed E-state index contributed by atoms with van der Waals surface area (Å²) in [5.74, 6) is 0. The van der Waals surface area contributed by atoms with E-state index in [2.05, 4.69) is 71.0 Å². The normalized spacial score (nSPS) is 12.9. The van der Waals surface area contributed by atoms with Crippen molar-refractivity contribution in [1.82, 2.24) is 4.98 Å². The van der Waals surface area contributed by atoms with E-state index >= 15 is 0 Å². The van der Waals surface area contributed by atoms with Gasteiger partial charge >= 0.3 is 0 Å². The second-order valence-electron chi connectivity index (χ2n) is 6.25. The van der Waals surface area contributed by atoms with Crippen molar-refractivity contribution in [2.24, 2.45) is 5.41 Å². The average Bonchev–Trinajstić information content (AvgIpc) is 2.37. The molecule has 0 spiro atoms. The van der Waals surface area contributed by atoms with Gasteiger partial charge in [-0.2, -0.15) is 0 Å². The Labute approximate surface area is 110 Å². The van der Waals surface area contributed by atoms with Crippen LogP contribution in [0.25, 0.3) is 10.9 Å². The van der Waals surface area contributed by atoms with Gasteiger partial charge < -0.3 is 0 Å². The van der Waals surface area contributed by atoms with Crippen molar-refractivity contribution in [1.29, 1.82) is 0 Å². The lowest BCUT2D eigenvalue weighted by Gasteiger charge is -2.40. The Kier molecular flexibility index (Phi) is 3.18. The van der Waals surface area contributed by atoms with Crippen molar-refractivity contribution in [2.45, 2.75) is 46.5 Å². The van der Waals surface area contributed by atoms with Crippen molar-refractivity contribution < 1.29 is 0 Å². The van der Waals surface area contributed by atoms with Gasteiger partial charge in [0, 0.05) is 16.5 Å². The molecule has 0 N–H and O–H groups in total. The van der Waals surface area contributed by atoms with Crippen LogP contribution in [0.4, 0.5) is 0 Å². The number of rotatable bonds is 3. The molecule has 2 aromatic rings. The van der Waals surface area contributed by atoms with E-state index < -0.39 is 0 Å². The van der Waals surface area contributed by atoms with Crippen molar-refractivity contribution >= 4 is 10.9 Å². The molecule has 0 aliphatic heterocycles. The number of pyridine rings is 1. The first-order chi connectivity index (χ1) is 8.38. The minimum atomic E-state index is 0.0752. The number of fused-ring (bicyclic) bond motifs is 1. The molecular formula is C17H23N. The Morgan fingerprint density at radius 3 is 2.28 bits per heavy atom. The maximum Gasteiger partial charge on any atom is 0.0705 e. The molecule has 1 aromatic carbocycles. The van der Waals surface area contributed by atoms with Crippen molar-refractivity contribution in [2.75, 3.05) is 0 Å². The molecule has 1 heteroatoms. The number of para-hydroxylation sites is 1. The van der Waals surface area contributed by atoms with Gasteiger partial charge in [-0.1, -0.05) is 65.3 Å². The predicted octanol–water partition coefficient (Wildman–Crippen LogP) is 4.95. The van der Waals surface area contributed by atoms with Gasteiger partial charge in [0.15, 0.2) is 0 Å².